The standard InChI is InChI=1S/C9H9N3O3S/c1-12-9(10-5-11-12)16-4-6-2-3-15-7(6)8(13)14/h2-3,5H,4H2,1H3,(H,13,14). The summed E-state index contributed by atoms with van der Waals surface area (Å²) < 4.78 is 6.50. The van der Waals surface area contributed by atoms with Gasteiger partial charge in [-0.25, -0.2) is 14.5 Å². The smallest absolute Gasteiger partial charge is 0.372 e. The molecule has 0 atom stereocenters. The van der Waals surface area contributed by atoms with Crippen LogP contribution in [0, 0.1) is 0 Å². The van der Waals surface area contributed by atoms with E-state index < -0.39 is 5.97 Å². The average Bonchev–Trinajstić information content (AvgIpc) is 2.83. The minimum Gasteiger partial charge on any atom is -0.475 e. The number of hydrogen-bond acceptors (Lipinski definition) is 5. The molecule has 0 radical (unpaired) electrons. The fourth-order valence-electron chi connectivity index (χ4n) is 1.20. The van der Waals surface area contributed by atoms with Crippen LogP contribution in [0.25, 0.3) is 0 Å². The third kappa shape index (κ3) is 2.08. The van der Waals surface area contributed by atoms with Gasteiger partial charge in [-0.15, -0.1) is 0 Å². The van der Waals surface area contributed by atoms with Crippen molar-refractivity contribution in [1.82, 2.24) is 14.8 Å². The van der Waals surface area contributed by atoms with Gasteiger partial charge < -0.3 is 9.52 Å². The van der Waals surface area contributed by atoms with Crippen LogP contribution in [-0.2, 0) is 12.8 Å². The van der Waals surface area contributed by atoms with Gasteiger partial charge in [0.05, 0.1) is 6.26 Å². The van der Waals surface area contributed by atoms with Crippen LogP contribution in [0.15, 0.2) is 28.2 Å². The van der Waals surface area contributed by atoms with E-state index in [2.05, 4.69) is 10.1 Å². The number of carbonyl (C=O) groups is 1. The maximum Gasteiger partial charge on any atom is 0.372 e. The fraction of sp³-hybridized carbons (Fsp3) is 0.222. The molecular formula is C9H9N3O3S. The molecule has 0 amide bonds. The minimum atomic E-state index is -1.06. The van der Waals surface area contributed by atoms with E-state index in [1.807, 2.05) is 0 Å². The predicted molar refractivity (Wildman–Crippen MR) is 56.2 cm³/mol. The Bertz CT molecular complexity index is 506. The Labute approximate surface area is 95.3 Å². The van der Waals surface area contributed by atoms with Crippen molar-refractivity contribution in [2.24, 2.45) is 7.05 Å². The normalized spacial score (nSPS) is 10.6. The molecule has 7 heteroatoms. The van der Waals surface area contributed by atoms with Gasteiger partial charge in [0.2, 0.25) is 5.76 Å². The summed E-state index contributed by atoms with van der Waals surface area (Å²) in [4.78, 5) is 14.8. The lowest BCUT2D eigenvalue weighted by atomic mass is 10.3. The molecule has 2 aromatic rings. The summed E-state index contributed by atoms with van der Waals surface area (Å²) in [6.07, 6.45) is 2.83. The molecule has 0 aliphatic rings. The zero-order chi connectivity index (χ0) is 11.5. The first-order valence-corrected chi connectivity index (χ1v) is 5.43. The number of carboxylic acids is 1. The van der Waals surface area contributed by atoms with Crippen molar-refractivity contribution in [3.63, 3.8) is 0 Å². The Morgan fingerprint density at radius 3 is 3.12 bits per heavy atom. The largest absolute Gasteiger partial charge is 0.475 e. The van der Waals surface area contributed by atoms with Gasteiger partial charge in [-0.05, 0) is 6.07 Å². The van der Waals surface area contributed by atoms with Gasteiger partial charge in [0.25, 0.3) is 0 Å². The lowest BCUT2D eigenvalue weighted by Gasteiger charge is -1.99. The molecular weight excluding hydrogens is 230 g/mol. The second-order valence-corrected chi connectivity index (χ2v) is 3.98. The van der Waals surface area contributed by atoms with Crippen LogP contribution in [0.2, 0.25) is 0 Å². The van der Waals surface area contributed by atoms with Gasteiger partial charge in [-0.2, -0.15) is 5.10 Å². The lowest BCUT2D eigenvalue weighted by molar-refractivity contribution is 0.0661. The van der Waals surface area contributed by atoms with Crippen LogP contribution in [0.1, 0.15) is 16.1 Å². The highest BCUT2D eigenvalue weighted by Gasteiger charge is 2.14. The van der Waals surface area contributed by atoms with Gasteiger partial charge in [-0.1, -0.05) is 11.8 Å². The number of thioether (sulfide) groups is 1. The molecule has 0 bridgehead atoms. The summed E-state index contributed by atoms with van der Waals surface area (Å²) in [7, 11) is 1.78. The minimum absolute atomic E-state index is 0.0188. The third-order valence-corrected chi connectivity index (χ3v) is 3.05. The topological polar surface area (TPSA) is 81.2 Å². The number of rotatable bonds is 4. The highest BCUT2D eigenvalue weighted by atomic mass is 32.2. The van der Waals surface area contributed by atoms with Crippen LogP contribution in [-0.4, -0.2) is 25.8 Å². The molecule has 2 rings (SSSR count). The Morgan fingerprint density at radius 1 is 1.69 bits per heavy atom. The number of nitrogens with zero attached hydrogens (tertiary/aromatic N) is 3. The summed E-state index contributed by atoms with van der Waals surface area (Å²) in [6, 6.07) is 1.65. The molecule has 2 aromatic heterocycles. The van der Waals surface area contributed by atoms with Crippen molar-refractivity contribution in [3.8, 4) is 0 Å². The molecule has 0 aliphatic carbocycles. The van der Waals surface area contributed by atoms with Crippen LogP contribution < -0.4 is 0 Å². The Morgan fingerprint density at radius 2 is 2.50 bits per heavy atom. The quantitative estimate of drug-likeness (QED) is 0.812. The third-order valence-electron chi connectivity index (χ3n) is 1.97. The second-order valence-electron chi connectivity index (χ2n) is 3.04. The predicted octanol–water partition coefficient (Wildman–Crippen LogP) is 1.40. The number of furan rings is 1. The van der Waals surface area contributed by atoms with Gasteiger partial charge in [0, 0.05) is 18.4 Å². The van der Waals surface area contributed by atoms with Crippen LogP contribution >= 0.6 is 11.8 Å². The Balaban J connectivity index is 2.08. The van der Waals surface area contributed by atoms with Crippen LogP contribution in [0.4, 0.5) is 0 Å². The zero-order valence-electron chi connectivity index (χ0n) is 8.45. The molecule has 0 saturated heterocycles. The van der Waals surface area contributed by atoms with Crippen molar-refractivity contribution in [2.75, 3.05) is 0 Å². The molecule has 0 aliphatic heterocycles. The Hall–Kier alpha value is -1.76. The van der Waals surface area contributed by atoms with E-state index >= 15 is 0 Å². The van der Waals surface area contributed by atoms with Crippen molar-refractivity contribution >= 4 is 17.7 Å². The molecule has 16 heavy (non-hydrogen) atoms. The second kappa shape index (κ2) is 4.40. The molecule has 84 valence electrons. The van der Waals surface area contributed by atoms with Crippen molar-refractivity contribution < 1.29 is 14.3 Å². The molecule has 2 heterocycles. The summed E-state index contributed by atoms with van der Waals surface area (Å²) in [5.41, 5.74) is 0.639. The van der Waals surface area contributed by atoms with Gasteiger partial charge in [0.1, 0.15) is 6.33 Å². The number of aromatic carboxylic acids is 1. The molecule has 1 N–H and O–H groups in total. The van der Waals surface area contributed by atoms with Gasteiger partial charge in [-0.3, -0.25) is 0 Å². The molecule has 0 aromatic carbocycles. The highest BCUT2D eigenvalue weighted by Crippen LogP contribution is 2.22. The molecule has 0 unspecified atom stereocenters. The highest BCUT2D eigenvalue weighted by molar-refractivity contribution is 7.98. The van der Waals surface area contributed by atoms with Crippen molar-refractivity contribution in [2.45, 2.75) is 10.9 Å². The van der Waals surface area contributed by atoms with Gasteiger partial charge >= 0.3 is 5.97 Å². The summed E-state index contributed by atoms with van der Waals surface area (Å²) in [5.74, 6) is -0.585. The molecule has 6 nitrogen and oxygen atoms in total. The first kappa shape index (κ1) is 10.7. The van der Waals surface area contributed by atoms with Crippen LogP contribution in [0.5, 0.6) is 0 Å². The summed E-state index contributed by atoms with van der Waals surface area (Å²) >= 11 is 1.41. The van der Waals surface area contributed by atoms with E-state index in [0.29, 0.717) is 11.3 Å². The van der Waals surface area contributed by atoms with Crippen molar-refractivity contribution in [1.29, 1.82) is 0 Å². The van der Waals surface area contributed by atoms with E-state index in [1.165, 1.54) is 24.4 Å². The molecule has 0 spiro atoms. The van der Waals surface area contributed by atoms with Gasteiger partial charge in [0.15, 0.2) is 5.16 Å². The van der Waals surface area contributed by atoms with E-state index in [-0.39, 0.29) is 5.76 Å². The average molecular weight is 239 g/mol. The number of carboxylic acid groups (broad SMARTS) is 1. The number of aromatic nitrogens is 3. The maximum absolute atomic E-state index is 10.8. The van der Waals surface area contributed by atoms with E-state index in [1.54, 1.807) is 17.8 Å². The van der Waals surface area contributed by atoms with Crippen LogP contribution in [0.3, 0.4) is 0 Å². The lowest BCUT2D eigenvalue weighted by Crippen LogP contribution is -1.98. The van der Waals surface area contributed by atoms with E-state index in [4.69, 9.17) is 9.52 Å². The first-order valence-electron chi connectivity index (χ1n) is 4.45. The zero-order valence-corrected chi connectivity index (χ0v) is 9.27. The number of aryl methyl sites for hydroxylation is 1. The summed E-state index contributed by atoms with van der Waals surface area (Å²) in [6.45, 7) is 0. The first-order chi connectivity index (χ1) is 7.68. The van der Waals surface area contributed by atoms with E-state index in [9.17, 15) is 4.79 Å². The van der Waals surface area contributed by atoms with Crippen molar-refractivity contribution in [3.05, 3.63) is 30.0 Å². The van der Waals surface area contributed by atoms with E-state index in [0.717, 1.165) is 5.16 Å². The Kier molecular flexibility index (Phi) is 2.95. The monoisotopic (exact) mass is 239 g/mol. The fourth-order valence-corrected chi connectivity index (χ4v) is 2.06. The number of hydrogen-bond donors (Lipinski definition) is 1. The molecule has 0 saturated carbocycles. The maximum atomic E-state index is 10.8. The molecule has 0 fully saturated rings. The summed E-state index contributed by atoms with van der Waals surface area (Å²) in [5, 5.41) is 13.5. The SMILES string of the molecule is Cn1ncnc1SCc1ccoc1C(=O)O.